The van der Waals surface area contributed by atoms with E-state index < -0.39 is 18.7 Å². The predicted molar refractivity (Wildman–Crippen MR) is 65.2 cm³/mol. The zero-order chi connectivity index (χ0) is 13.8. The molecule has 1 atom stereocenters. The van der Waals surface area contributed by atoms with Crippen molar-refractivity contribution in [2.24, 2.45) is 5.92 Å². The van der Waals surface area contributed by atoms with Crippen LogP contribution in [0.4, 0.5) is 13.2 Å². The van der Waals surface area contributed by atoms with E-state index in [2.05, 4.69) is 13.8 Å². The second-order valence-electron chi connectivity index (χ2n) is 5.01. The highest BCUT2D eigenvalue weighted by Gasteiger charge is 2.28. The van der Waals surface area contributed by atoms with E-state index in [0.717, 1.165) is 12.0 Å². The van der Waals surface area contributed by atoms with Gasteiger partial charge in [0.15, 0.2) is 0 Å². The Kier molecular flexibility index (Phi) is 5.20. The van der Waals surface area contributed by atoms with Crippen LogP contribution in [0, 0.1) is 5.92 Å². The van der Waals surface area contributed by atoms with Crippen LogP contribution in [0.5, 0.6) is 0 Å². The first-order valence-electron chi connectivity index (χ1n) is 6.11. The molecule has 4 heteroatoms. The van der Waals surface area contributed by atoms with Crippen LogP contribution >= 0.6 is 0 Å². The van der Waals surface area contributed by atoms with Crippen LogP contribution in [-0.2, 0) is 6.42 Å². The monoisotopic (exact) mass is 260 g/mol. The largest absolute Gasteiger partial charge is 0.389 e. The number of halogens is 3. The second kappa shape index (κ2) is 6.23. The first-order chi connectivity index (χ1) is 8.28. The summed E-state index contributed by atoms with van der Waals surface area (Å²) in [6.07, 6.45) is -5.56. The van der Waals surface area contributed by atoms with Crippen LogP contribution < -0.4 is 0 Å². The topological polar surface area (TPSA) is 20.2 Å². The normalized spacial score (nSPS) is 13.9. The van der Waals surface area contributed by atoms with E-state index in [9.17, 15) is 18.3 Å². The van der Waals surface area contributed by atoms with Gasteiger partial charge in [0.2, 0.25) is 0 Å². The van der Waals surface area contributed by atoms with Crippen molar-refractivity contribution in [2.75, 3.05) is 0 Å². The summed E-state index contributed by atoms with van der Waals surface area (Å²) < 4.78 is 36.1. The average Bonchev–Trinajstić information content (AvgIpc) is 2.25. The van der Waals surface area contributed by atoms with E-state index in [4.69, 9.17) is 0 Å². The molecule has 0 aromatic heterocycles. The molecule has 102 valence electrons. The standard InChI is InChI=1S/C14H19F3O/c1-10(2)9-11-3-5-12(6-4-11)13(18)7-8-14(15,16)17/h3-6,10,13,18H,7-9H2,1-2H3. The van der Waals surface area contributed by atoms with Gasteiger partial charge in [-0.1, -0.05) is 38.1 Å². The van der Waals surface area contributed by atoms with Crippen molar-refractivity contribution in [3.63, 3.8) is 0 Å². The predicted octanol–water partition coefficient (Wildman–Crippen LogP) is 4.26. The summed E-state index contributed by atoms with van der Waals surface area (Å²) in [7, 11) is 0. The van der Waals surface area contributed by atoms with Crippen molar-refractivity contribution in [2.45, 2.75) is 45.4 Å². The van der Waals surface area contributed by atoms with Gasteiger partial charge in [0, 0.05) is 6.42 Å². The Hall–Kier alpha value is -1.03. The Morgan fingerprint density at radius 2 is 1.67 bits per heavy atom. The van der Waals surface area contributed by atoms with Gasteiger partial charge in [-0.3, -0.25) is 0 Å². The number of aliphatic hydroxyl groups is 1. The molecule has 0 saturated heterocycles. The highest BCUT2D eigenvalue weighted by Crippen LogP contribution is 2.27. The Morgan fingerprint density at radius 3 is 2.11 bits per heavy atom. The molecule has 1 unspecified atom stereocenters. The number of rotatable bonds is 5. The molecular weight excluding hydrogens is 241 g/mol. The Labute approximate surface area is 106 Å². The molecule has 0 fully saturated rings. The lowest BCUT2D eigenvalue weighted by atomic mass is 9.99. The maximum Gasteiger partial charge on any atom is 0.389 e. The van der Waals surface area contributed by atoms with E-state index in [1.807, 2.05) is 12.1 Å². The third kappa shape index (κ3) is 5.54. The molecule has 0 aliphatic carbocycles. The van der Waals surface area contributed by atoms with Gasteiger partial charge in [-0.05, 0) is 29.9 Å². The third-order valence-corrected chi connectivity index (χ3v) is 2.71. The SMILES string of the molecule is CC(C)Cc1ccc(C(O)CCC(F)(F)F)cc1. The molecule has 0 spiro atoms. The second-order valence-corrected chi connectivity index (χ2v) is 5.01. The van der Waals surface area contributed by atoms with Gasteiger partial charge in [-0.15, -0.1) is 0 Å². The highest BCUT2D eigenvalue weighted by molar-refractivity contribution is 5.24. The molecule has 0 radical (unpaired) electrons. The van der Waals surface area contributed by atoms with Crippen LogP contribution in [0.25, 0.3) is 0 Å². The zero-order valence-corrected chi connectivity index (χ0v) is 10.7. The Morgan fingerprint density at radius 1 is 1.11 bits per heavy atom. The molecule has 1 rings (SSSR count). The summed E-state index contributed by atoms with van der Waals surface area (Å²) in [5.41, 5.74) is 1.68. The summed E-state index contributed by atoms with van der Waals surface area (Å²) in [5, 5.41) is 9.66. The minimum atomic E-state index is -4.21. The van der Waals surface area contributed by atoms with E-state index in [1.54, 1.807) is 12.1 Å². The zero-order valence-electron chi connectivity index (χ0n) is 10.7. The molecule has 0 saturated carbocycles. The van der Waals surface area contributed by atoms with E-state index in [0.29, 0.717) is 11.5 Å². The first-order valence-corrected chi connectivity index (χ1v) is 6.11. The van der Waals surface area contributed by atoms with Gasteiger partial charge < -0.3 is 5.11 Å². The van der Waals surface area contributed by atoms with Crippen LogP contribution in [-0.4, -0.2) is 11.3 Å². The fraction of sp³-hybridized carbons (Fsp3) is 0.571. The van der Waals surface area contributed by atoms with Crippen LogP contribution in [0.15, 0.2) is 24.3 Å². The van der Waals surface area contributed by atoms with Crippen LogP contribution in [0.3, 0.4) is 0 Å². The lowest BCUT2D eigenvalue weighted by Gasteiger charge is -2.13. The summed E-state index contributed by atoms with van der Waals surface area (Å²) in [6, 6.07) is 7.15. The maximum absolute atomic E-state index is 12.0. The quantitative estimate of drug-likeness (QED) is 0.838. The summed E-state index contributed by atoms with van der Waals surface area (Å²) in [5.74, 6) is 0.533. The molecule has 0 amide bonds. The molecule has 0 aliphatic rings. The molecular formula is C14H19F3O. The number of hydrogen-bond acceptors (Lipinski definition) is 1. The van der Waals surface area contributed by atoms with E-state index >= 15 is 0 Å². The number of benzene rings is 1. The van der Waals surface area contributed by atoms with Gasteiger partial charge in [0.05, 0.1) is 6.10 Å². The molecule has 0 aliphatic heterocycles. The van der Waals surface area contributed by atoms with Crippen molar-refractivity contribution in [1.29, 1.82) is 0 Å². The van der Waals surface area contributed by atoms with E-state index in [1.165, 1.54) is 0 Å². The van der Waals surface area contributed by atoms with Crippen LogP contribution in [0.1, 0.15) is 43.9 Å². The van der Waals surface area contributed by atoms with Gasteiger partial charge >= 0.3 is 6.18 Å². The minimum absolute atomic E-state index is 0.285. The molecule has 1 N–H and O–H groups in total. The fourth-order valence-corrected chi connectivity index (χ4v) is 1.81. The number of hydrogen-bond donors (Lipinski definition) is 1. The lowest BCUT2D eigenvalue weighted by Crippen LogP contribution is -2.10. The maximum atomic E-state index is 12.0. The molecule has 0 bridgehead atoms. The van der Waals surface area contributed by atoms with Gasteiger partial charge in [-0.25, -0.2) is 0 Å². The highest BCUT2D eigenvalue weighted by atomic mass is 19.4. The molecule has 1 aromatic carbocycles. The lowest BCUT2D eigenvalue weighted by molar-refractivity contribution is -0.140. The smallest absolute Gasteiger partial charge is 0.388 e. The van der Waals surface area contributed by atoms with Crippen molar-refractivity contribution >= 4 is 0 Å². The molecule has 1 aromatic rings. The van der Waals surface area contributed by atoms with E-state index in [-0.39, 0.29) is 6.42 Å². The fourth-order valence-electron chi connectivity index (χ4n) is 1.81. The Balaban J connectivity index is 2.56. The Bertz CT molecular complexity index is 354. The van der Waals surface area contributed by atoms with Crippen molar-refractivity contribution in [1.82, 2.24) is 0 Å². The van der Waals surface area contributed by atoms with Gasteiger partial charge in [0.25, 0.3) is 0 Å². The summed E-state index contributed by atoms with van der Waals surface area (Å²) >= 11 is 0. The van der Waals surface area contributed by atoms with Crippen molar-refractivity contribution in [3.05, 3.63) is 35.4 Å². The number of alkyl halides is 3. The van der Waals surface area contributed by atoms with Gasteiger partial charge in [0.1, 0.15) is 0 Å². The van der Waals surface area contributed by atoms with Crippen molar-refractivity contribution in [3.8, 4) is 0 Å². The summed E-state index contributed by atoms with van der Waals surface area (Å²) in [6.45, 7) is 4.21. The van der Waals surface area contributed by atoms with Gasteiger partial charge in [-0.2, -0.15) is 13.2 Å². The molecule has 1 nitrogen and oxygen atoms in total. The molecule has 0 heterocycles. The number of aliphatic hydroxyl groups excluding tert-OH is 1. The minimum Gasteiger partial charge on any atom is -0.388 e. The van der Waals surface area contributed by atoms with Crippen molar-refractivity contribution < 1.29 is 18.3 Å². The van der Waals surface area contributed by atoms with Crippen LogP contribution in [0.2, 0.25) is 0 Å². The third-order valence-electron chi connectivity index (χ3n) is 2.71. The summed E-state index contributed by atoms with van der Waals surface area (Å²) in [4.78, 5) is 0. The average molecular weight is 260 g/mol. The first kappa shape index (κ1) is 15.0. The molecule has 18 heavy (non-hydrogen) atoms.